The number of carbonyl (C=O) groups excluding carboxylic acids is 1. The van der Waals surface area contributed by atoms with Crippen molar-refractivity contribution in [3.05, 3.63) is 71.8 Å². The number of nitrogens with zero attached hydrogens (tertiary/aromatic N) is 4. The van der Waals surface area contributed by atoms with Crippen LogP contribution in [0.25, 0.3) is 10.5 Å². The van der Waals surface area contributed by atoms with Gasteiger partial charge in [-0.1, -0.05) is 33.3 Å². The number of benzene rings is 1. The van der Waals surface area contributed by atoms with Gasteiger partial charge in [0.2, 0.25) is 4.96 Å². The standard InChI is InChI=1S/C17H11BrN4O3S/c1-3-6-21-11-5-4-9(18)7-10(11)12(15(21)24)13-16(25)22-17(26-13)19-14(23)8(2)20-22/h3-5,7H,1,6H2,2H3/b13-12-. The third-order valence-corrected chi connectivity index (χ3v) is 5.56. The molecule has 7 nitrogen and oxygen atoms in total. The molecule has 1 amide bonds. The quantitative estimate of drug-likeness (QED) is 0.566. The highest BCUT2D eigenvalue weighted by Crippen LogP contribution is 2.37. The van der Waals surface area contributed by atoms with Gasteiger partial charge in [-0.2, -0.15) is 14.6 Å². The number of aromatic nitrogens is 3. The summed E-state index contributed by atoms with van der Waals surface area (Å²) in [4.78, 5) is 43.2. The van der Waals surface area contributed by atoms with Crippen LogP contribution in [0.1, 0.15) is 11.3 Å². The van der Waals surface area contributed by atoms with Gasteiger partial charge in [-0.25, -0.2) is 0 Å². The highest BCUT2D eigenvalue weighted by molar-refractivity contribution is 9.10. The SMILES string of the molecule is C=CCN1C(=O)/C(=c2\sc3nc(=O)c(C)nn3c2=O)c2cc(Br)ccc21. The van der Waals surface area contributed by atoms with Crippen LogP contribution in [0.3, 0.4) is 0 Å². The van der Waals surface area contributed by atoms with Crippen molar-refractivity contribution in [2.24, 2.45) is 0 Å². The van der Waals surface area contributed by atoms with E-state index in [1.54, 1.807) is 17.0 Å². The fraction of sp³-hybridized carbons (Fsp3) is 0.118. The monoisotopic (exact) mass is 430 g/mol. The van der Waals surface area contributed by atoms with Crippen LogP contribution in [-0.4, -0.2) is 27.0 Å². The van der Waals surface area contributed by atoms with Crippen LogP contribution in [0.4, 0.5) is 5.69 Å². The van der Waals surface area contributed by atoms with Crippen molar-refractivity contribution in [3.8, 4) is 0 Å². The normalized spacial score (nSPS) is 15.6. The molecule has 0 saturated carbocycles. The average Bonchev–Trinajstić information content (AvgIpc) is 3.04. The lowest BCUT2D eigenvalue weighted by Gasteiger charge is -2.14. The molecule has 26 heavy (non-hydrogen) atoms. The molecule has 0 aliphatic carbocycles. The molecule has 2 aromatic heterocycles. The number of aryl methyl sites for hydroxylation is 1. The van der Waals surface area contributed by atoms with Crippen molar-refractivity contribution in [1.29, 1.82) is 0 Å². The van der Waals surface area contributed by atoms with Gasteiger partial charge in [0, 0.05) is 16.6 Å². The van der Waals surface area contributed by atoms with Gasteiger partial charge in [0.05, 0.1) is 11.3 Å². The Hall–Kier alpha value is -2.65. The van der Waals surface area contributed by atoms with Gasteiger partial charge in [-0.3, -0.25) is 14.4 Å². The molecule has 0 N–H and O–H groups in total. The Balaban J connectivity index is 2.14. The van der Waals surface area contributed by atoms with E-state index in [4.69, 9.17) is 0 Å². The lowest BCUT2D eigenvalue weighted by Crippen LogP contribution is -2.33. The third-order valence-electron chi connectivity index (χ3n) is 4.03. The summed E-state index contributed by atoms with van der Waals surface area (Å²) in [6.07, 6.45) is 1.63. The molecule has 0 saturated heterocycles. The Kier molecular flexibility index (Phi) is 3.85. The zero-order chi connectivity index (χ0) is 18.6. The van der Waals surface area contributed by atoms with Gasteiger partial charge < -0.3 is 4.90 Å². The summed E-state index contributed by atoms with van der Waals surface area (Å²) in [5.41, 5.74) is 0.817. The average molecular weight is 431 g/mol. The molecule has 1 aliphatic rings. The Morgan fingerprint density at radius 1 is 1.31 bits per heavy atom. The number of amides is 1. The maximum absolute atomic E-state index is 13.0. The minimum Gasteiger partial charge on any atom is -0.304 e. The molecule has 0 fully saturated rings. The van der Waals surface area contributed by atoms with E-state index in [2.05, 4.69) is 32.6 Å². The van der Waals surface area contributed by atoms with Crippen molar-refractivity contribution in [1.82, 2.24) is 14.6 Å². The number of hydrogen-bond acceptors (Lipinski definition) is 6. The summed E-state index contributed by atoms with van der Waals surface area (Å²) >= 11 is 4.40. The Morgan fingerprint density at radius 3 is 2.81 bits per heavy atom. The first kappa shape index (κ1) is 16.8. The van der Waals surface area contributed by atoms with E-state index in [9.17, 15) is 14.4 Å². The van der Waals surface area contributed by atoms with E-state index in [0.29, 0.717) is 17.8 Å². The van der Waals surface area contributed by atoms with Crippen LogP contribution in [0.15, 0.2) is 44.9 Å². The first-order chi connectivity index (χ1) is 12.4. The molecule has 0 radical (unpaired) electrons. The minimum atomic E-state index is -0.489. The van der Waals surface area contributed by atoms with Crippen molar-refractivity contribution in [2.45, 2.75) is 6.92 Å². The molecule has 3 heterocycles. The van der Waals surface area contributed by atoms with E-state index in [1.165, 1.54) is 6.92 Å². The Morgan fingerprint density at radius 2 is 2.08 bits per heavy atom. The van der Waals surface area contributed by atoms with E-state index in [-0.39, 0.29) is 26.7 Å². The highest BCUT2D eigenvalue weighted by atomic mass is 79.9. The molecule has 3 aromatic rings. The van der Waals surface area contributed by atoms with E-state index >= 15 is 0 Å². The molecule has 9 heteroatoms. The van der Waals surface area contributed by atoms with Crippen LogP contribution >= 0.6 is 27.3 Å². The van der Waals surface area contributed by atoms with Gasteiger partial charge >= 0.3 is 0 Å². The minimum absolute atomic E-state index is 0.128. The molecule has 0 atom stereocenters. The van der Waals surface area contributed by atoms with Crippen LogP contribution in [0.2, 0.25) is 0 Å². The van der Waals surface area contributed by atoms with Crippen molar-refractivity contribution >= 4 is 49.4 Å². The summed E-state index contributed by atoms with van der Waals surface area (Å²) in [5.74, 6) is -0.290. The van der Waals surface area contributed by atoms with Crippen LogP contribution in [-0.2, 0) is 4.79 Å². The largest absolute Gasteiger partial charge is 0.304 e. The van der Waals surface area contributed by atoms with E-state index in [1.807, 2.05) is 12.1 Å². The fourth-order valence-electron chi connectivity index (χ4n) is 2.87. The van der Waals surface area contributed by atoms with Crippen LogP contribution in [0.5, 0.6) is 0 Å². The summed E-state index contributed by atoms with van der Waals surface area (Å²) in [6.45, 7) is 5.50. The molecule has 4 rings (SSSR count). The molecule has 0 spiro atoms. The lowest BCUT2D eigenvalue weighted by atomic mass is 10.1. The topological polar surface area (TPSA) is 84.6 Å². The smallest absolute Gasteiger partial charge is 0.295 e. The Labute approximate surface area is 159 Å². The number of fused-ring (bicyclic) bond motifs is 2. The zero-order valence-corrected chi connectivity index (χ0v) is 15.9. The summed E-state index contributed by atoms with van der Waals surface area (Å²) in [5, 5.41) is 4.00. The number of anilines is 1. The summed E-state index contributed by atoms with van der Waals surface area (Å²) in [7, 11) is 0. The molecule has 0 unspecified atom stereocenters. The first-order valence-corrected chi connectivity index (χ1v) is 9.21. The molecule has 1 aromatic carbocycles. The van der Waals surface area contributed by atoms with Gasteiger partial charge in [-0.05, 0) is 25.1 Å². The van der Waals surface area contributed by atoms with E-state index in [0.717, 1.165) is 20.3 Å². The Bertz CT molecular complexity index is 1280. The van der Waals surface area contributed by atoms with Crippen LogP contribution < -0.4 is 20.6 Å². The maximum Gasteiger partial charge on any atom is 0.295 e. The van der Waals surface area contributed by atoms with Gasteiger partial charge in [0.1, 0.15) is 10.2 Å². The van der Waals surface area contributed by atoms with E-state index < -0.39 is 11.1 Å². The predicted molar refractivity (Wildman–Crippen MR) is 103 cm³/mol. The maximum atomic E-state index is 13.0. The molecular weight excluding hydrogens is 420 g/mol. The van der Waals surface area contributed by atoms with Gasteiger partial charge in [0.25, 0.3) is 17.0 Å². The zero-order valence-electron chi connectivity index (χ0n) is 13.5. The van der Waals surface area contributed by atoms with Crippen molar-refractivity contribution in [3.63, 3.8) is 0 Å². The molecule has 130 valence electrons. The van der Waals surface area contributed by atoms with Gasteiger partial charge in [-0.15, -0.1) is 6.58 Å². The van der Waals surface area contributed by atoms with Gasteiger partial charge in [0.15, 0.2) is 0 Å². The first-order valence-electron chi connectivity index (χ1n) is 7.60. The molecular formula is C17H11BrN4O3S. The molecule has 0 bridgehead atoms. The number of carbonyl (C=O) groups is 1. The summed E-state index contributed by atoms with van der Waals surface area (Å²) < 4.78 is 2.08. The number of hydrogen-bond donors (Lipinski definition) is 0. The lowest BCUT2D eigenvalue weighted by molar-refractivity contribution is -0.112. The van der Waals surface area contributed by atoms with Crippen LogP contribution in [0, 0.1) is 6.92 Å². The van der Waals surface area contributed by atoms with Crippen molar-refractivity contribution in [2.75, 3.05) is 11.4 Å². The van der Waals surface area contributed by atoms with Crippen molar-refractivity contribution < 1.29 is 4.79 Å². The molecule has 1 aliphatic heterocycles. The fourth-order valence-corrected chi connectivity index (χ4v) is 4.23. The predicted octanol–water partition coefficient (Wildman–Crippen LogP) is 1.03. The third kappa shape index (κ3) is 2.35. The second-order valence-electron chi connectivity index (χ2n) is 5.67. The number of rotatable bonds is 2. The summed E-state index contributed by atoms with van der Waals surface area (Å²) in [6, 6.07) is 5.44. The second kappa shape index (κ2) is 5.96. The number of thiazole rings is 1. The highest BCUT2D eigenvalue weighted by Gasteiger charge is 2.33. The second-order valence-corrected chi connectivity index (χ2v) is 7.57. The number of halogens is 1.